The Morgan fingerprint density at radius 1 is 0.688 bits per heavy atom. The highest BCUT2D eigenvalue weighted by Gasteiger charge is 2.09. The van der Waals surface area contributed by atoms with Crippen molar-refractivity contribution in [2.75, 3.05) is 0 Å². The van der Waals surface area contributed by atoms with Crippen molar-refractivity contribution in [2.24, 2.45) is 0 Å². The fourth-order valence-corrected chi connectivity index (χ4v) is 2.61. The number of hydrogen-bond acceptors (Lipinski definition) is 0. The van der Waals surface area contributed by atoms with Gasteiger partial charge in [-0.2, -0.15) is 0 Å². The summed E-state index contributed by atoms with van der Waals surface area (Å²) in [7, 11) is 2.71. The van der Waals surface area contributed by atoms with Crippen molar-refractivity contribution in [3.05, 3.63) is 54.3 Å². The zero-order valence-corrected chi connectivity index (χ0v) is 9.73. The van der Waals surface area contributed by atoms with Gasteiger partial charge in [-0.3, -0.25) is 0 Å². The van der Waals surface area contributed by atoms with Gasteiger partial charge in [-0.05, 0) is 16.1 Å². The lowest BCUT2D eigenvalue weighted by molar-refractivity contribution is 0.651. The van der Waals surface area contributed by atoms with Crippen LogP contribution < -0.4 is 5.30 Å². The summed E-state index contributed by atoms with van der Waals surface area (Å²) in [5.74, 6) is -0.127. The van der Waals surface area contributed by atoms with Crippen LogP contribution in [0.2, 0.25) is 0 Å². The molecule has 3 rings (SSSR count). The van der Waals surface area contributed by atoms with E-state index < -0.39 is 0 Å². The molecule has 0 N–H and O–H groups in total. The Labute approximate surface area is 95.3 Å². The van der Waals surface area contributed by atoms with E-state index in [-0.39, 0.29) is 5.82 Å². The van der Waals surface area contributed by atoms with Crippen LogP contribution in [0.1, 0.15) is 0 Å². The summed E-state index contributed by atoms with van der Waals surface area (Å²) in [6.07, 6.45) is 0. The van der Waals surface area contributed by atoms with Gasteiger partial charge in [0.15, 0.2) is 0 Å². The van der Waals surface area contributed by atoms with E-state index in [2.05, 4.69) is 9.24 Å². The summed E-state index contributed by atoms with van der Waals surface area (Å²) in [5, 5.41) is 4.36. The van der Waals surface area contributed by atoms with Crippen molar-refractivity contribution in [2.45, 2.75) is 0 Å². The van der Waals surface area contributed by atoms with E-state index in [0.29, 0.717) is 10.8 Å². The minimum atomic E-state index is -0.127. The summed E-state index contributed by atoms with van der Waals surface area (Å²) >= 11 is 0. The Hall–Kier alpha value is -1.46. The summed E-state index contributed by atoms with van der Waals surface area (Å²) < 4.78 is 14.2. The normalized spacial score (nSPS) is 11.1. The first-order valence-electron chi connectivity index (χ1n) is 5.13. The van der Waals surface area contributed by atoms with Gasteiger partial charge in [-0.15, -0.1) is 9.24 Å². The molecule has 0 spiro atoms. The number of benzene rings is 3. The lowest BCUT2D eigenvalue weighted by Crippen LogP contribution is -1.98. The smallest absolute Gasteiger partial charge is 0.138 e. The van der Waals surface area contributed by atoms with Crippen LogP contribution in [0, 0.1) is 5.82 Å². The third-order valence-corrected chi connectivity index (χ3v) is 3.53. The van der Waals surface area contributed by atoms with Crippen LogP contribution in [0.25, 0.3) is 21.5 Å². The highest BCUT2D eigenvalue weighted by atomic mass is 31.0. The van der Waals surface area contributed by atoms with Gasteiger partial charge in [0, 0.05) is 10.8 Å². The van der Waals surface area contributed by atoms with Gasteiger partial charge in [0.05, 0.1) is 0 Å². The second-order valence-corrected chi connectivity index (χ2v) is 4.40. The molecule has 0 aliphatic heterocycles. The molecule has 0 bridgehead atoms. The van der Waals surface area contributed by atoms with Crippen LogP contribution in [0.15, 0.2) is 48.5 Å². The molecule has 0 aromatic heterocycles. The zero-order valence-electron chi connectivity index (χ0n) is 8.57. The summed E-state index contributed by atoms with van der Waals surface area (Å²) in [5.41, 5.74) is 0. The Morgan fingerprint density at radius 2 is 1.06 bits per heavy atom. The zero-order chi connectivity index (χ0) is 11.1. The Bertz CT molecular complexity index is 572. The van der Waals surface area contributed by atoms with E-state index in [1.54, 1.807) is 0 Å². The summed E-state index contributed by atoms with van der Waals surface area (Å²) in [6, 6.07) is 15.2. The summed E-state index contributed by atoms with van der Waals surface area (Å²) in [6.45, 7) is 0. The molecule has 1 unspecified atom stereocenters. The van der Waals surface area contributed by atoms with E-state index in [9.17, 15) is 4.39 Å². The SMILES string of the molecule is Fc1c2ccccc2c(P)c2ccccc12. The lowest BCUT2D eigenvalue weighted by Gasteiger charge is -2.08. The molecule has 0 nitrogen and oxygen atoms in total. The molecule has 0 aliphatic carbocycles. The Balaban J connectivity index is 2.67. The fraction of sp³-hybridized carbons (Fsp3) is 0. The second kappa shape index (κ2) is 3.54. The van der Waals surface area contributed by atoms with Gasteiger partial charge in [-0.1, -0.05) is 48.5 Å². The van der Waals surface area contributed by atoms with Crippen molar-refractivity contribution in [1.29, 1.82) is 0 Å². The van der Waals surface area contributed by atoms with Crippen LogP contribution >= 0.6 is 9.24 Å². The molecule has 0 saturated carbocycles. The van der Waals surface area contributed by atoms with Gasteiger partial charge in [0.1, 0.15) is 5.82 Å². The molecule has 0 fully saturated rings. The fourth-order valence-electron chi connectivity index (χ4n) is 2.11. The van der Waals surface area contributed by atoms with Gasteiger partial charge in [0.25, 0.3) is 0 Å². The first kappa shape index (κ1) is 9.74. The van der Waals surface area contributed by atoms with Gasteiger partial charge < -0.3 is 0 Å². The number of rotatable bonds is 0. The summed E-state index contributed by atoms with van der Waals surface area (Å²) in [4.78, 5) is 0. The minimum Gasteiger partial charge on any atom is -0.206 e. The molecule has 0 heterocycles. The van der Waals surface area contributed by atoms with E-state index in [1.165, 1.54) is 0 Å². The van der Waals surface area contributed by atoms with Crippen LogP contribution in [0.3, 0.4) is 0 Å². The highest BCUT2D eigenvalue weighted by molar-refractivity contribution is 7.29. The molecule has 1 atom stereocenters. The molecule has 2 heteroatoms. The Kier molecular flexibility index (Phi) is 2.15. The van der Waals surface area contributed by atoms with Crippen LogP contribution in [-0.4, -0.2) is 0 Å². The first-order valence-corrected chi connectivity index (χ1v) is 5.71. The largest absolute Gasteiger partial charge is 0.206 e. The molecule has 3 aromatic rings. The molecule has 0 radical (unpaired) electrons. The van der Waals surface area contributed by atoms with E-state index in [0.717, 1.165) is 16.1 Å². The monoisotopic (exact) mass is 228 g/mol. The van der Waals surface area contributed by atoms with Crippen molar-refractivity contribution in [3.63, 3.8) is 0 Å². The third-order valence-electron chi connectivity index (χ3n) is 2.91. The highest BCUT2D eigenvalue weighted by Crippen LogP contribution is 2.26. The standard InChI is InChI=1S/C14H10FP/c15-13-9-5-1-3-7-11(9)14(16)12-8-4-2-6-10(12)13/h1-8H,16H2. The van der Waals surface area contributed by atoms with E-state index in [4.69, 9.17) is 0 Å². The van der Waals surface area contributed by atoms with Crippen LogP contribution in [0.4, 0.5) is 4.39 Å². The predicted molar refractivity (Wildman–Crippen MR) is 70.8 cm³/mol. The minimum absolute atomic E-state index is 0.127. The Morgan fingerprint density at radius 3 is 1.50 bits per heavy atom. The van der Waals surface area contributed by atoms with E-state index >= 15 is 0 Å². The van der Waals surface area contributed by atoms with Gasteiger partial charge in [-0.25, -0.2) is 4.39 Å². The topological polar surface area (TPSA) is 0 Å². The molecular weight excluding hydrogens is 218 g/mol. The van der Waals surface area contributed by atoms with Crippen molar-refractivity contribution in [1.82, 2.24) is 0 Å². The van der Waals surface area contributed by atoms with Crippen molar-refractivity contribution in [3.8, 4) is 0 Å². The average Bonchev–Trinajstić information content (AvgIpc) is 2.36. The van der Waals surface area contributed by atoms with E-state index in [1.807, 2.05) is 48.5 Å². The maximum Gasteiger partial charge on any atom is 0.138 e. The maximum atomic E-state index is 14.2. The number of hydrogen-bond donors (Lipinski definition) is 0. The molecule has 16 heavy (non-hydrogen) atoms. The molecular formula is C14H10FP. The quantitative estimate of drug-likeness (QED) is 0.407. The molecule has 0 aliphatic rings. The first-order chi connectivity index (χ1) is 7.79. The number of halogens is 1. The number of fused-ring (bicyclic) bond motifs is 2. The van der Waals surface area contributed by atoms with Crippen molar-refractivity contribution >= 4 is 36.1 Å². The average molecular weight is 228 g/mol. The van der Waals surface area contributed by atoms with Gasteiger partial charge in [0.2, 0.25) is 0 Å². The lowest BCUT2D eigenvalue weighted by atomic mass is 10.0. The second-order valence-electron chi connectivity index (χ2n) is 3.82. The third kappa shape index (κ3) is 1.25. The molecule has 78 valence electrons. The molecule has 0 amide bonds. The maximum absolute atomic E-state index is 14.2. The predicted octanol–water partition coefficient (Wildman–Crippen LogP) is 3.63. The van der Waals surface area contributed by atoms with Gasteiger partial charge >= 0.3 is 0 Å². The van der Waals surface area contributed by atoms with Crippen LogP contribution in [-0.2, 0) is 0 Å². The molecule has 0 saturated heterocycles. The molecule has 3 aromatic carbocycles. The van der Waals surface area contributed by atoms with Crippen LogP contribution in [0.5, 0.6) is 0 Å². The van der Waals surface area contributed by atoms with Crippen molar-refractivity contribution < 1.29 is 4.39 Å².